The lowest BCUT2D eigenvalue weighted by atomic mass is 10.0. The molecule has 2 amide bonds. The van der Waals surface area contributed by atoms with Gasteiger partial charge in [-0.1, -0.05) is 18.2 Å². The first kappa shape index (κ1) is 22.0. The third-order valence-electron chi connectivity index (χ3n) is 5.54. The molecule has 32 heavy (non-hydrogen) atoms. The van der Waals surface area contributed by atoms with Gasteiger partial charge < -0.3 is 24.8 Å². The van der Waals surface area contributed by atoms with Crippen LogP contribution < -0.4 is 20.1 Å². The van der Waals surface area contributed by atoms with Gasteiger partial charge in [-0.2, -0.15) is 0 Å². The third kappa shape index (κ3) is 5.54. The Morgan fingerprint density at radius 2 is 1.69 bits per heavy atom. The average molecular weight is 443 g/mol. The van der Waals surface area contributed by atoms with E-state index in [1.165, 1.54) is 12.1 Å². The molecule has 1 atom stereocenters. The molecule has 2 aliphatic rings. The second-order valence-electron chi connectivity index (χ2n) is 7.62. The van der Waals surface area contributed by atoms with Crippen molar-refractivity contribution in [1.82, 2.24) is 15.5 Å². The summed E-state index contributed by atoms with van der Waals surface area (Å²) >= 11 is 0. The Kier molecular flexibility index (Phi) is 7.18. The maximum atomic E-state index is 13.0. The van der Waals surface area contributed by atoms with Gasteiger partial charge >= 0.3 is 11.8 Å². The fourth-order valence-electron chi connectivity index (χ4n) is 3.79. The fourth-order valence-corrected chi connectivity index (χ4v) is 3.79. The van der Waals surface area contributed by atoms with E-state index < -0.39 is 11.8 Å². The van der Waals surface area contributed by atoms with Gasteiger partial charge in [0.2, 0.25) is 6.79 Å². The first-order valence-electron chi connectivity index (χ1n) is 10.6. The van der Waals surface area contributed by atoms with Crippen LogP contribution in [0.2, 0.25) is 0 Å². The van der Waals surface area contributed by atoms with Crippen molar-refractivity contribution in [1.29, 1.82) is 0 Å². The number of amides is 2. The van der Waals surface area contributed by atoms with Gasteiger partial charge in [-0.05, 0) is 41.8 Å². The van der Waals surface area contributed by atoms with E-state index in [9.17, 15) is 14.0 Å². The highest BCUT2D eigenvalue weighted by Gasteiger charge is 2.26. The Morgan fingerprint density at radius 3 is 2.47 bits per heavy atom. The van der Waals surface area contributed by atoms with Gasteiger partial charge in [0.15, 0.2) is 11.5 Å². The molecule has 0 bridgehead atoms. The van der Waals surface area contributed by atoms with Gasteiger partial charge in [-0.3, -0.25) is 14.5 Å². The lowest BCUT2D eigenvalue weighted by Crippen LogP contribution is -2.47. The molecule has 1 fully saturated rings. The smallest absolute Gasteiger partial charge is 0.309 e. The van der Waals surface area contributed by atoms with Crippen molar-refractivity contribution in [3.05, 3.63) is 59.4 Å². The summed E-state index contributed by atoms with van der Waals surface area (Å²) in [6.45, 7) is 3.40. The van der Waals surface area contributed by atoms with Crippen molar-refractivity contribution >= 4 is 11.8 Å². The lowest BCUT2D eigenvalue weighted by molar-refractivity contribution is -0.139. The Labute approximate surface area is 185 Å². The molecule has 1 unspecified atom stereocenters. The number of morpholine rings is 1. The summed E-state index contributed by atoms with van der Waals surface area (Å²) in [6.07, 6.45) is 0.507. The first-order valence-corrected chi connectivity index (χ1v) is 10.6. The minimum absolute atomic E-state index is 0.135. The molecule has 2 heterocycles. The highest BCUT2D eigenvalue weighted by atomic mass is 19.1. The fraction of sp³-hybridized carbons (Fsp3) is 0.391. The molecule has 170 valence electrons. The molecule has 9 heteroatoms. The van der Waals surface area contributed by atoms with E-state index in [2.05, 4.69) is 15.5 Å². The summed E-state index contributed by atoms with van der Waals surface area (Å²) < 4.78 is 29.3. The van der Waals surface area contributed by atoms with Crippen LogP contribution in [-0.2, 0) is 20.7 Å². The van der Waals surface area contributed by atoms with Gasteiger partial charge in [0.1, 0.15) is 5.82 Å². The van der Waals surface area contributed by atoms with Crippen molar-refractivity contribution in [2.24, 2.45) is 0 Å². The van der Waals surface area contributed by atoms with Gasteiger partial charge in [-0.15, -0.1) is 0 Å². The van der Waals surface area contributed by atoms with Gasteiger partial charge in [0.05, 0.1) is 19.3 Å². The Balaban J connectivity index is 1.33. The maximum absolute atomic E-state index is 13.0. The van der Waals surface area contributed by atoms with Crippen LogP contribution in [0, 0.1) is 5.82 Å². The van der Waals surface area contributed by atoms with Crippen LogP contribution in [-0.4, -0.2) is 62.9 Å². The number of carbonyl (C=O) groups excluding carboxylic acids is 2. The zero-order chi connectivity index (χ0) is 22.3. The zero-order valence-electron chi connectivity index (χ0n) is 17.6. The van der Waals surface area contributed by atoms with Crippen molar-refractivity contribution in [3.8, 4) is 11.5 Å². The predicted molar refractivity (Wildman–Crippen MR) is 114 cm³/mol. The van der Waals surface area contributed by atoms with Crippen molar-refractivity contribution in [3.63, 3.8) is 0 Å². The maximum Gasteiger partial charge on any atom is 0.309 e. The number of benzene rings is 2. The molecule has 8 nitrogen and oxygen atoms in total. The Morgan fingerprint density at radius 1 is 0.969 bits per heavy atom. The Bertz CT molecular complexity index is 947. The summed E-state index contributed by atoms with van der Waals surface area (Å²) in [4.78, 5) is 26.8. The molecule has 2 aromatic carbocycles. The second kappa shape index (κ2) is 10.4. The molecule has 0 radical (unpaired) electrons. The van der Waals surface area contributed by atoms with Crippen LogP contribution in [0.1, 0.15) is 17.2 Å². The monoisotopic (exact) mass is 443 g/mol. The third-order valence-corrected chi connectivity index (χ3v) is 5.54. The molecule has 0 aromatic heterocycles. The molecular formula is C23H26FN3O5. The predicted octanol–water partition coefficient (Wildman–Crippen LogP) is 1.40. The number of nitrogens with zero attached hydrogens (tertiary/aromatic N) is 1. The number of nitrogens with one attached hydrogen (secondary N) is 2. The van der Waals surface area contributed by atoms with Crippen LogP contribution in [0.5, 0.6) is 11.5 Å². The van der Waals surface area contributed by atoms with E-state index in [0.29, 0.717) is 31.1 Å². The van der Waals surface area contributed by atoms with E-state index in [4.69, 9.17) is 14.2 Å². The van der Waals surface area contributed by atoms with Crippen LogP contribution in [0.15, 0.2) is 42.5 Å². The van der Waals surface area contributed by atoms with Crippen molar-refractivity contribution in [2.75, 3.05) is 46.2 Å². The van der Waals surface area contributed by atoms with E-state index in [0.717, 1.165) is 24.2 Å². The average Bonchev–Trinajstić information content (AvgIpc) is 3.29. The van der Waals surface area contributed by atoms with Crippen molar-refractivity contribution < 1.29 is 28.2 Å². The molecule has 0 aliphatic carbocycles. The zero-order valence-corrected chi connectivity index (χ0v) is 17.6. The van der Waals surface area contributed by atoms with Crippen LogP contribution in [0.25, 0.3) is 0 Å². The van der Waals surface area contributed by atoms with Crippen molar-refractivity contribution in [2.45, 2.75) is 12.5 Å². The molecular weight excluding hydrogens is 417 g/mol. The summed E-state index contributed by atoms with van der Waals surface area (Å²) in [7, 11) is 0. The second-order valence-corrected chi connectivity index (χ2v) is 7.62. The van der Waals surface area contributed by atoms with Crippen LogP contribution in [0.3, 0.4) is 0 Å². The summed E-state index contributed by atoms with van der Waals surface area (Å²) in [5.74, 6) is -0.333. The molecule has 2 aromatic rings. The minimum atomic E-state index is -0.696. The highest BCUT2D eigenvalue weighted by molar-refractivity contribution is 6.35. The largest absolute Gasteiger partial charge is 0.454 e. The number of hydrogen-bond acceptors (Lipinski definition) is 6. The van der Waals surface area contributed by atoms with E-state index in [1.807, 2.05) is 18.2 Å². The van der Waals surface area contributed by atoms with E-state index in [-0.39, 0.29) is 31.7 Å². The summed E-state index contributed by atoms with van der Waals surface area (Å²) in [5.41, 5.74) is 1.84. The van der Waals surface area contributed by atoms with Crippen LogP contribution >= 0.6 is 0 Å². The topological polar surface area (TPSA) is 89.1 Å². The van der Waals surface area contributed by atoms with Crippen LogP contribution in [0.4, 0.5) is 4.39 Å². The standard InChI is InChI=1S/C23H26FN3O5/c24-18-4-1-16(2-5-18)7-8-25-22(28)23(29)26-14-19(27-9-11-30-12-10-27)17-3-6-20-21(13-17)32-15-31-20/h1-6,13,19H,7-12,14-15H2,(H,25,28)(H,26,29). The molecule has 2 aliphatic heterocycles. The number of rotatable bonds is 7. The van der Waals surface area contributed by atoms with Gasteiger partial charge in [-0.25, -0.2) is 4.39 Å². The normalized spacial score (nSPS) is 16.4. The van der Waals surface area contributed by atoms with Gasteiger partial charge in [0, 0.05) is 26.2 Å². The minimum Gasteiger partial charge on any atom is -0.454 e. The first-order chi connectivity index (χ1) is 15.6. The molecule has 0 saturated carbocycles. The number of carbonyl (C=O) groups is 2. The summed E-state index contributed by atoms with van der Waals surface area (Å²) in [6, 6.07) is 11.6. The SMILES string of the molecule is O=C(NCCc1ccc(F)cc1)C(=O)NCC(c1ccc2c(c1)OCO2)N1CCOCC1. The molecule has 2 N–H and O–H groups in total. The summed E-state index contributed by atoms with van der Waals surface area (Å²) in [5, 5.41) is 5.35. The quantitative estimate of drug-likeness (QED) is 0.629. The number of ether oxygens (including phenoxy) is 3. The van der Waals surface area contributed by atoms with E-state index >= 15 is 0 Å². The van der Waals surface area contributed by atoms with Gasteiger partial charge in [0.25, 0.3) is 0 Å². The number of hydrogen-bond donors (Lipinski definition) is 2. The lowest BCUT2D eigenvalue weighted by Gasteiger charge is -2.34. The molecule has 4 rings (SSSR count). The number of halogens is 1. The molecule has 0 spiro atoms. The molecule has 1 saturated heterocycles. The number of fused-ring (bicyclic) bond motifs is 1. The highest BCUT2D eigenvalue weighted by Crippen LogP contribution is 2.35. The van der Waals surface area contributed by atoms with E-state index in [1.54, 1.807) is 12.1 Å². The Hall–Kier alpha value is -3.17.